The first-order chi connectivity index (χ1) is 21.6. The van der Waals surface area contributed by atoms with Crippen molar-refractivity contribution in [3.8, 4) is 0 Å². The van der Waals surface area contributed by atoms with Gasteiger partial charge in [-0.25, -0.2) is 4.98 Å². The summed E-state index contributed by atoms with van der Waals surface area (Å²) in [5.74, 6) is 1.10. The standard InChI is InChI=1S/C33H44N6.C5H8/c1-4-30(28-10-7-15-35-23-28)25(3)31(5-2)33(27-8-6-9-27)37-29-13-18-39(19-14-29)32-12-11-26(22-36-32)24-38-20-16-34-17-21-38;1-3-5-4-2/h4-5,7,10-12,15,22-23,29,34,37H,2,6,8-9,13-14,16-21,24H2,1,3H3;3-5H,1H2,2H3/b30-4+,31-25+;5-4-. The van der Waals surface area contributed by atoms with Crippen molar-refractivity contribution in [3.63, 3.8) is 0 Å². The first-order valence-electron chi connectivity index (χ1n) is 16.3. The first-order valence-corrected chi connectivity index (χ1v) is 16.3. The van der Waals surface area contributed by atoms with E-state index in [9.17, 15) is 0 Å². The number of hydrogen-bond acceptors (Lipinski definition) is 6. The maximum Gasteiger partial charge on any atom is 0.128 e. The summed E-state index contributed by atoms with van der Waals surface area (Å²) in [4.78, 5) is 14.1. The monoisotopic (exact) mass is 592 g/mol. The van der Waals surface area contributed by atoms with E-state index < -0.39 is 0 Å². The Morgan fingerprint density at radius 1 is 1.05 bits per heavy atom. The molecule has 2 N–H and O–H groups in total. The molecule has 0 amide bonds. The molecule has 6 heteroatoms. The lowest BCUT2D eigenvalue weighted by Gasteiger charge is -2.36. The summed E-state index contributed by atoms with van der Waals surface area (Å²) in [7, 11) is 0. The van der Waals surface area contributed by atoms with Gasteiger partial charge in [0.15, 0.2) is 0 Å². The number of nitrogens with one attached hydrogen (secondary N) is 2. The molecular formula is C38H52N6. The molecule has 0 unspecified atom stereocenters. The van der Waals surface area contributed by atoms with E-state index in [-0.39, 0.29) is 0 Å². The summed E-state index contributed by atoms with van der Waals surface area (Å²) < 4.78 is 0. The number of pyridine rings is 2. The Hall–Kier alpha value is -3.74. The molecule has 0 atom stereocenters. The summed E-state index contributed by atoms with van der Waals surface area (Å²) >= 11 is 0. The molecule has 6 nitrogen and oxygen atoms in total. The van der Waals surface area contributed by atoms with Gasteiger partial charge in [0.2, 0.25) is 0 Å². The maximum atomic E-state index is 4.85. The highest BCUT2D eigenvalue weighted by molar-refractivity contribution is 5.80. The summed E-state index contributed by atoms with van der Waals surface area (Å²) in [6.07, 6.45) is 21.5. The van der Waals surface area contributed by atoms with E-state index >= 15 is 0 Å². The lowest BCUT2D eigenvalue weighted by Crippen LogP contribution is -2.43. The number of allylic oxidation sites excluding steroid dienone is 8. The normalized spacial score (nSPS) is 18.6. The second kappa shape index (κ2) is 17.5. The summed E-state index contributed by atoms with van der Waals surface area (Å²) in [6.45, 7) is 21.4. The zero-order chi connectivity index (χ0) is 31.1. The fourth-order valence-corrected chi connectivity index (χ4v) is 6.10. The number of aromatic nitrogens is 2. The minimum atomic E-state index is 0.450. The SMILES string of the molecule is C=C/C(C(NC1CCN(c2ccc(CN3CCNCC3)cn2)CC1)=C1CCC1)=C(C)\C(=C/C)c1cccnc1.C=C/C=C\C. The lowest BCUT2D eigenvalue weighted by molar-refractivity contribution is 0.233. The molecule has 0 aromatic carbocycles. The molecule has 0 radical (unpaired) electrons. The van der Waals surface area contributed by atoms with Crippen LogP contribution in [0.3, 0.4) is 0 Å². The van der Waals surface area contributed by atoms with Crippen molar-refractivity contribution in [2.24, 2.45) is 0 Å². The number of rotatable bonds is 10. The van der Waals surface area contributed by atoms with Crippen molar-refractivity contribution in [1.82, 2.24) is 25.5 Å². The largest absolute Gasteiger partial charge is 0.382 e. The van der Waals surface area contributed by atoms with E-state index in [2.05, 4.69) is 82.9 Å². The van der Waals surface area contributed by atoms with Gasteiger partial charge in [0, 0.05) is 81.7 Å². The van der Waals surface area contributed by atoms with Crippen molar-refractivity contribution >= 4 is 11.4 Å². The average Bonchev–Trinajstić information content (AvgIpc) is 3.03. The highest BCUT2D eigenvalue weighted by Gasteiger charge is 2.25. The van der Waals surface area contributed by atoms with Gasteiger partial charge in [-0.15, -0.1) is 0 Å². The Morgan fingerprint density at radius 3 is 2.34 bits per heavy atom. The number of piperazine rings is 1. The van der Waals surface area contributed by atoms with Crippen LogP contribution in [-0.4, -0.2) is 60.2 Å². The highest BCUT2D eigenvalue weighted by atomic mass is 15.2. The van der Waals surface area contributed by atoms with Crippen molar-refractivity contribution in [2.75, 3.05) is 44.2 Å². The van der Waals surface area contributed by atoms with E-state index in [1.807, 2.05) is 43.6 Å². The van der Waals surface area contributed by atoms with Crippen molar-refractivity contribution in [2.45, 2.75) is 65.5 Å². The number of piperidine rings is 1. The van der Waals surface area contributed by atoms with Crippen LogP contribution >= 0.6 is 0 Å². The van der Waals surface area contributed by atoms with Crippen LogP contribution in [0.5, 0.6) is 0 Å². The molecule has 3 fully saturated rings. The topological polar surface area (TPSA) is 56.3 Å². The van der Waals surface area contributed by atoms with Crippen molar-refractivity contribution in [1.29, 1.82) is 0 Å². The van der Waals surface area contributed by atoms with E-state index in [1.165, 1.54) is 52.8 Å². The molecule has 0 spiro atoms. The highest BCUT2D eigenvalue weighted by Crippen LogP contribution is 2.36. The number of hydrogen-bond donors (Lipinski definition) is 2. The van der Waals surface area contributed by atoms with Crippen LogP contribution in [0.15, 0.2) is 109 Å². The molecule has 1 saturated carbocycles. The number of nitrogens with zero attached hydrogens (tertiary/aromatic N) is 4. The Labute approximate surface area is 266 Å². The summed E-state index contributed by atoms with van der Waals surface area (Å²) in [5, 5.41) is 7.42. The molecule has 3 aliphatic rings. The smallest absolute Gasteiger partial charge is 0.128 e. The number of anilines is 1. The maximum absolute atomic E-state index is 4.85. The predicted molar refractivity (Wildman–Crippen MR) is 187 cm³/mol. The minimum Gasteiger partial charge on any atom is -0.382 e. The molecule has 2 aromatic heterocycles. The van der Waals surface area contributed by atoms with E-state index in [0.29, 0.717) is 6.04 Å². The molecule has 0 bridgehead atoms. The molecule has 4 heterocycles. The van der Waals surface area contributed by atoms with Crippen LogP contribution in [0.2, 0.25) is 0 Å². The van der Waals surface area contributed by atoms with Crippen LogP contribution in [0.1, 0.15) is 64.0 Å². The molecule has 2 saturated heterocycles. The third-order valence-corrected chi connectivity index (χ3v) is 8.77. The molecule has 234 valence electrons. The summed E-state index contributed by atoms with van der Waals surface area (Å²) in [6, 6.07) is 9.07. The van der Waals surface area contributed by atoms with Gasteiger partial charge in [-0.1, -0.05) is 55.7 Å². The molecule has 2 aromatic rings. The van der Waals surface area contributed by atoms with Crippen LogP contribution in [-0.2, 0) is 6.54 Å². The lowest BCUT2D eigenvalue weighted by atomic mass is 9.85. The summed E-state index contributed by atoms with van der Waals surface area (Å²) in [5.41, 5.74) is 9.00. The molecule has 5 rings (SSSR count). The second-order valence-electron chi connectivity index (χ2n) is 11.7. The fraction of sp³-hybridized carbons (Fsp3) is 0.421. The van der Waals surface area contributed by atoms with Gasteiger partial charge in [-0.3, -0.25) is 9.88 Å². The quantitative estimate of drug-likeness (QED) is 0.284. The van der Waals surface area contributed by atoms with Crippen molar-refractivity contribution in [3.05, 3.63) is 120 Å². The van der Waals surface area contributed by atoms with Gasteiger partial charge < -0.3 is 15.5 Å². The third-order valence-electron chi connectivity index (χ3n) is 8.77. The third kappa shape index (κ3) is 9.13. The Morgan fingerprint density at radius 2 is 1.82 bits per heavy atom. The van der Waals surface area contributed by atoms with Gasteiger partial charge in [-0.05, 0) is 92.9 Å². The van der Waals surface area contributed by atoms with Gasteiger partial charge >= 0.3 is 0 Å². The van der Waals surface area contributed by atoms with Crippen LogP contribution in [0.25, 0.3) is 5.57 Å². The van der Waals surface area contributed by atoms with Crippen LogP contribution in [0, 0.1) is 0 Å². The van der Waals surface area contributed by atoms with E-state index in [4.69, 9.17) is 4.98 Å². The van der Waals surface area contributed by atoms with Gasteiger partial charge in [0.05, 0.1) is 0 Å². The van der Waals surface area contributed by atoms with Crippen molar-refractivity contribution < 1.29 is 0 Å². The van der Waals surface area contributed by atoms with E-state index in [1.54, 1.807) is 6.08 Å². The Kier molecular flexibility index (Phi) is 13.2. The first kappa shape index (κ1) is 33.2. The predicted octanol–water partition coefficient (Wildman–Crippen LogP) is 7.23. The zero-order valence-corrected chi connectivity index (χ0v) is 27.2. The zero-order valence-electron chi connectivity index (χ0n) is 27.2. The van der Waals surface area contributed by atoms with Gasteiger partial charge in [0.1, 0.15) is 5.82 Å². The van der Waals surface area contributed by atoms with Gasteiger partial charge in [-0.2, -0.15) is 0 Å². The molecule has 2 aliphatic heterocycles. The fourth-order valence-electron chi connectivity index (χ4n) is 6.10. The van der Waals surface area contributed by atoms with Crippen LogP contribution in [0.4, 0.5) is 5.82 Å². The Balaban J connectivity index is 0.000000818. The van der Waals surface area contributed by atoms with Gasteiger partial charge in [0.25, 0.3) is 0 Å². The van der Waals surface area contributed by atoms with E-state index in [0.717, 1.165) is 70.0 Å². The Bertz CT molecular complexity index is 1320. The second-order valence-corrected chi connectivity index (χ2v) is 11.7. The molecule has 44 heavy (non-hydrogen) atoms. The van der Waals surface area contributed by atoms with Crippen LogP contribution < -0.4 is 15.5 Å². The minimum absolute atomic E-state index is 0.450. The molecule has 1 aliphatic carbocycles. The molecular weight excluding hydrogens is 540 g/mol. The average molecular weight is 593 g/mol.